The molecule has 1 aromatic carbocycles. The molecular weight excluding hydrogens is 324 g/mol. The van der Waals surface area contributed by atoms with Crippen molar-refractivity contribution >= 4 is 33.8 Å². The molecule has 0 aliphatic carbocycles. The highest BCUT2D eigenvalue weighted by atomic mass is 16.8. The summed E-state index contributed by atoms with van der Waals surface area (Å²) < 4.78 is 4.44. The van der Waals surface area contributed by atoms with Crippen LogP contribution in [-0.2, 0) is 0 Å². The van der Waals surface area contributed by atoms with Crippen molar-refractivity contribution in [1.82, 2.24) is 5.16 Å². The summed E-state index contributed by atoms with van der Waals surface area (Å²) in [6.07, 6.45) is 0. The first-order valence-electron chi connectivity index (χ1n) is 7.06. The van der Waals surface area contributed by atoms with Crippen molar-refractivity contribution in [2.24, 2.45) is 0 Å². The molecule has 2 rings (SSSR count). The van der Waals surface area contributed by atoms with E-state index in [1.165, 1.54) is 0 Å². The van der Waals surface area contributed by atoms with E-state index in [9.17, 15) is 25.4 Å². The molecule has 0 bridgehead atoms. The molecule has 12 heteroatoms. The number of anilines is 2. The molecule has 0 spiro atoms. The molecule has 0 atom stereocenters. The molecule has 0 aliphatic rings. The van der Waals surface area contributed by atoms with Crippen LogP contribution in [0, 0.1) is 25.4 Å². The number of nitro groups is 2. The lowest BCUT2D eigenvalue weighted by molar-refractivity contribution is -0.782. The number of hydrogen-bond acceptors (Lipinski definition) is 9. The van der Waals surface area contributed by atoms with Gasteiger partial charge in [-0.1, -0.05) is 0 Å². The highest BCUT2D eigenvalue weighted by Crippen LogP contribution is 2.46. The third kappa shape index (κ3) is 2.85. The van der Waals surface area contributed by atoms with Gasteiger partial charge in [-0.3, -0.25) is 24.9 Å². The predicted octanol–water partition coefficient (Wildman–Crippen LogP) is 1.92. The largest absolute Gasteiger partial charge is 0.373 e. The molecule has 0 aliphatic heterocycles. The van der Waals surface area contributed by atoms with Crippen LogP contribution in [0.4, 0.5) is 22.7 Å². The maximum Gasteiger partial charge on any atom is 0.357 e. The van der Waals surface area contributed by atoms with Crippen LogP contribution < -0.4 is 15.5 Å². The predicted molar refractivity (Wildman–Crippen MR) is 83.8 cm³/mol. The average Bonchev–Trinajstić information content (AvgIpc) is 2.78. The van der Waals surface area contributed by atoms with Gasteiger partial charge in [-0.05, 0) is 32.6 Å². The Balaban J connectivity index is 3.02. The molecule has 2 N–H and O–H groups in total. The van der Waals surface area contributed by atoms with Gasteiger partial charge < -0.3 is 15.8 Å². The van der Waals surface area contributed by atoms with Crippen molar-refractivity contribution < 1.29 is 19.4 Å². The van der Waals surface area contributed by atoms with Gasteiger partial charge in [0.2, 0.25) is 0 Å². The maximum atomic E-state index is 11.8. The van der Waals surface area contributed by atoms with Gasteiger partial charge in [0.15, 0.2) is 11.4 Å². The lowest BCUT2D eigenvalue weighted by atomic mass is 10.1. The van der Waals surface area contributed by atoms with E-state index in [-0.39, 0.29) is 33.9 Å². The minimum Gasteiger partial charge on any atom is -0.373 e. The van der Waals surface area contributed by atoms with E-state index in [0.29, 0.717) is 0 Å². The van der Waals surface area contributed by atoms with Gasteiger partial charge in [0, 0.05) is 12.1 Å². The first-order valence-corrected chi connectivity index (χ1v) is 7.06. The van der Waals surface area contributed by atoms with E-state index in [2.05, 4.69) is 20.4 Å². The van der Waals surface area contributed by atoms with E-state index < -0.39 is 26.7 Å². The second kappa shape index (κ2) is 6.14. The molecule has 2 aromatic rings. The second-order valence-electron chi connectivity index (χ2n) is 5.69. The minimum absolute atomic E-state index is 0.0841. The quantitative estimate of drug-likeness (QED) is 0.454. The zero-order valence-corrected chi connectivity index (χ0v) is 13.4. The minimum atomic E-state index is -0.832. The molecule has 12 nitrogen and oxygen atoms in total. The lowest BCUT2D eigenvalue weighted by Crippen LogP contribution is -2.26. The normalized spacial score (nSPS) is 11.2. The highest BCUT2D eigenvalue weighted by Gasteiger charge is 2.41. The first-order chi connectivity index (χ1) is 11.1. The number of fused-ring (bicyclic) bond motifs is 1. The topological polar surface area (TPSA) is 163 Å². The standard InChI is InChI=1S/C12H16N6O6/c1-5(2)13-7-10(16(19)20)8(14-6(3)4)12-9(11(7)17(21)22)15-24-18(12)23/h5-6,13-14H,1-4H3. The Morgan fingerprint density at radius 2 is 1.50 bits per heavy atom. The van der Waals surface area contributed by atoms with Crippen LogP contribution in [0.3, 0.4) is 0 Å². The number of aromatic nitrogens is 2. The average molecular weight is 340 g/mol. The van der Waals surface area contributed by atoms with E-state index >= 15 is 0 Å². The van der Waals surface area contributed by atoms with E-state index in [4.69, 9.17) is 0 Å². The van der Waals surface area contributed by atoms with E-state index in [1.54, 1.807) is 27.7 Å². The molecule has 1 heterocycles. The summed E-state index contributed by atoms with van der Waals surface area (Å²) in [4.78, 5) is 21.4. The molecule has 0 unspecified atom stereocenters. The molecule has 0 fully saturated rings. The summed E-state index contributed by atoms with van der Waals surface area (Å²) in [6.45, 7) is 6.75. The Kier molecular flexibility index (Phi) is 4.39. The Morgan fingerprint density at radius 1 is 1.00 bits per heavy atom. The molecule has 0 radical (unpaired) electrons. The van der Waals surface area contributed by atoms with Crippen LogP contribution >= 0.6 is 0 Å². The first kappa shape index (κ1) is 17.2. The van der Waals surface area contributed by atoms with Crippen LogP contribution in [0.5, 0.6) is 0 Å². The molecule has 24 heavy (non-hydrogen) atoms. The summed E-state index contributed by atoms with van der Waals surface area (Å²) in [7, 11) is 0. The number of nitrogens with one attached hydrogen (secondary N) is 2. The maximum absolute atomic E-state index is 11.8. The zero-order valence-electron chi connectivity index (χ0n) is 13.4. The fraction of sp³-hybridized carbons (Fsp3) is 0.500. The molecule has 0 saturated carbocycles. The second-order valence-corrected chi connectivity index (χ2v) is 5.69. The van der Waals surface area contributed by atoms with Crippen molar-refractivity contribution in [2.75, 3.05) is 10.6 Å². The Labute approximate surface area is 135 Å². The summed E-state index contributed by atoms with van der Waals surface area (Å²) in [5.41, 5.74) is -2.56. The SMILES string of the molecule is CC(C)Nc1c([N+](=O)[O-])c(NC(C)C)c2c(no[n+]2[O-])c1[N+](=O)[O-]. The Morgan fingerprint density at radius 3 is 1.96 bits per heavy atom. The van der Waals surface area contributed by atoms with Gasteiger partial charge in [0.25, 0.3) is 5.52 Å². The van der Waals surface area contributed by atoms with Gasteiger partial charge in [0.1, 0.15) is 0 Å². The number of hydrogen-bond donors (Lipinski definition) is 2. The lowest BCUT2D eigenvalue weighted by Gasteiger charge is -2.15. The molecule has 0 amide bonds. The monoisotopic (exact) mass is 340 g/mol. The third-order valence-corrected chi connectivity index (χ3v) is 3.02. The summed E-state index contributed by atoms with van der Waals surface area (Å²) >= 11 is 0. The third-order valence-electron chi connectivity index (χ3n) is 3.02. The van der Waals surface area contributed by atoms with E-state index in [1.807, 2.05) is 0 Å². The van der Waals surface area contributed by atoms with Crippen molar-refractivity contribution in [3.8, 4) is 0 Å². The summed E-state index contributed by atoms with van der Waals surface area (Å²) in [5.74, 6) is 0. The Bertz CT molecular complexity index is 814. The van der Waals surface area contributed by atoms with Gasteiger partial charge in [-0.25, -0.2) is 0 Å². The molecule has 1 aromatic heterocycles. The zero-order chi connectivity index (χ0) is 18.2. The molecular formula is C12H16N6O6. The molecule has 130 valence electrons. The van der Waals surface area contributed by atoms with Gasteiger partial charge in [-0.15, -0.1) is 0 Å². The van der Waals surface area contributed by atoms with Crippen LogP contribution in [-0.4, -0.2) is 27.1 Å². The van der Waals surface area contributed by atoms with Gasteiger partial charge in [-0.2, -0.15) is 0 Å². The fourth-order valence-corrected chi connectivity index (χ4v) is 2.29. The van der Waals surface area contributed by atoms with Crippen LogP contribution in [0.25, 0.3) is 11.0 Å². The van der Waals surface area contributed by atoms with Crippen molar-refractivity contribution in [2.45, 2.75) is 39.8 Å². The summed E-state index contributed by atoms with van der Waals surface area (Å²) in [6, 6.07) is -0.617. The van der Waals surface area contributed by atoms with E-state index in [0.717, 1.165) is 0 Å². The van der Waals surface area contributed by atoms with Crippen molar-refractivity contribution in [1.29, 1.82) is 0 Å². The number of benzene rings is 1. The van der Waals surface area contributed by atoms with Crippen LogP contribution in [0.1, 0.15) is 27.7 Å². The highest BCUT2D eigenvalue weighted by molar-refractivity contribution is 6.05. The number of nitrogens with zero attached hydrogens (tertiary/aromatic N) is 4. The van der Waals surface area contributed by atoms with Gasteiger partial charge in [0.05, 0.1) is 15.0 Å². The van der Waals surface area contributed by atoms with Crippen LogP contribution in [0.2, 0.25) is 0 Å². The van der Waals surface area contributed by atoms with Crippen molar-refractivity contribution in [3.63, 3.8) is 0 Å². The number of rotatable bonds is 6. The van der Waals surface area contributed by atoms with Crippen LogP contribution in [0.15, 0.2) is 4.63 Å². The summed E-state index contributed by atoms with van der Waals surface area (Å²) in [5, 5.41) is 43.8. The smallest absolute Gasteiger partial charge is 0.357 e. The fourth-order valence-electron chi connectivity index (χ4n) is 2.29. The Hall–Kier alpha value is -3.18. The van der Waals surface area contributed by atoms with Crippen molar-refractivity contribution in [3.05, 3.63) is 25.4 Å². The number of nitro benzene ring substituents is 2. The molecule has 0 saturated heterocycles. The van der Waals surface area contributed by atoms with Gasteiger partial charge >= 0.3 is 16.9 Å².